The van der Waals surface area contributed by atoms with Gasteiger partial charge in [-0.2, -0.15) is 0 Å². The molecule has 0 radical (unpaired) electrons. The van der Waals surface area contributed by atoms with Crippen LogP contribution in [0, 0.1) is 17.8 Å². The molecule has 12 heteroatoms. The van der Waals surface area contributed by atoms with Crippen molar-refractivity contribution in [3.63, 3.8) is 0 Å². The van der Waals surface area contributed by atoms with Crippen LogP contribution in [0.2, 0.25) is 0 Å². The zero-order chi connectivity index (χ0) is 39.8. The average molecular weight is 761 g/mol. The number of cyclic esters (lactones) is 1. The molecule has 6 rings (SSSR count). The maximum atomic E-state index is 13.8. The van der Waals surface area contributed by atoms with Gasteiger partial charge in [0.2, 0.25) is 0 Å². The number of aliphatic hydroxyl groups excluding tert-OH is 1. The maximum absolute atomic E-state index is 13.8. The highest BCUT2D eigenvalue weighted by Crippen LogP contribution is 2.43. The quantitative estimate of drug-likeness (QED) is 0.333. The van der Waals surface area contributed by atoms with Crippen LogP contribution in [0.25, 0.3) is 16.8 Å². The van der Waals surface area contributed by atoms with E-state index in [4.69, 9.17) is 28.7 Å². The van der Waals surface area contributed by atoms with Gasteiger partial charge in [0.15, 0.2) is 11.9 Å². The molecule has 55 heavy (non-hydrogen) atoms. The van der Waals surface area contributed by atoms with Gasteiger partial charge in [0.05, 0.1) is 37.0 Å². The third-order valence-corrected chi connectivity index (χ3v) is 12.3. The Kier molecular flexibility index (Phi) is 12.2. The molecule has 2 bridgehead atoms. The summed E-state index contributed by atoms with van der Waals surface area (Å²) >= 11 is 0. The molecular weight excluding hydrogens is 700 g/mol. The second-order valence-electron chi connectivity index (χ2n) is 16.7. The van der Waals surface area contributed by atoms with E-state index >= 15 is 0 Å². The molecule has 1 aromatic heterocycles. The van der Waals surface area contributed by atoms with Crippen LogP contribution >= 0.6 is 0 Å². The van der Waals surface area contributed by atoms with Crippen LogP contribution in [-0.2, 0) is 28.5 Å². The van der Waals surface area contributed by atoms with Crippen molar-refractivity contribution in [1.29, 1.82) is 0 Å². The van der Waals surface area contributed by atoms with Crippen LogP contribution in [0.5, 0.6) is 0 Å². The normalized spacial score (nSPS) is 38.6. The van der Waals surface area contributed by atoms with Crippen molar-refractivity contribution in [2.24, 2.45) is 22.7 Å². The van der Waals surface area contributed by atoms with Gasteiger partial charge in [-0.05, 0) is 84.5 Å². The number of benzene rings is 1. The standard InChI is InChI=1S/C43H60N4O8/c1-25-21-26(2)39(49)53-30(6)43(8)37-29(5)35(45-18-19-47(37)41(50)55-43)27(3)23-42(7,38(25)54-40-36(48)34(46(9)10)22-28(4)52-40)51-20-12-15-31-13-11-14-32-24-44-17-16-33(31)32/h11-17,21,24-25,27-30,34,36-38,40,48H,18-20,22-23H2,1-10H3/b15-12+,26-21+/t25-,27+,28-,29-,30+,34+,36?,37+,38+,40+,42-,43+/m0/s1. The van der Waals surface area contributed by atoms with Gasteiger partial charge in [0, 0.05) is 53.5 Å². The van der Waals surface area contributed by atoms with Gasteiger partial charge in [0.25, 0.3) is 0 Å². The topological polar surface area (TPSA) is 132 Å². The highest BCUT2D eigenvalue weighted by Gasteiger charge is 2.59. The second kappa shape index (κ2) is 16.4. The van der Waals surface area contributed by atoms with E-state index in [9.17, 15) is 14.7 Å². The lowest BCUT2D eigenvalue weighted by atomic mass is 9.74. The van der Waals surface area contributed by atoms with Gasteiger partial charge < -0.3 is 33.7 Å². The molecular formula is C43H60N4O8. The van der Waals surface area contributed by atoms with Crippen LogP contribution < -0.4 is 0 Å². The minimum absolute atomic E-state index is 0.121. The lowest BCUT2D eigenvalue weighted by Crippen LogP contribution is -2.59. The number of carbonyl (C=O) groups excluding carboxylic acids is 2. The Bertz CT molecular complexity index is 1810. The number of carbonyl (C=O) groups is 2. The van der Waals surface area contributed by atoms with Crippen molar-refractivity contribution in [2.45, 2.75) is 122 Å². The van der Waals surface area contributed by atoms with Gasteiger partial charge in [-0.25, -0.2) is 9.59 Å². The van der Waals surface area contributed by atoms with E-state index in [-0.39, 0.29) is 30.6 Å². The molecule has 0 spiro atoms. The minimum atomic E-state index is -1.10. The Morgan fingerprint density at radius 2 is 1.87 bits per heavy atom. The van der Waals surface area contributed by atoms with E-state index in [1.54, 1.807) is 24.9 Å². The van der Waals surface area contributed by atoms with Crippen molar-refractivity contribution in [3.05, 3.63) is 59.9 Å². The summed E-state index contributed by atoms with van der Waals surface area (Å²) in [6.07, 6.45) is 6.79. The van der Waals surface area contributed by atoms with E-state index < -0.39 is 59.8 Å². The molecule has 4 aliphatic heterocycles. The van der Waals surface area contributed by atoms with Gasteiger partial charge in [-0.15, -0.1) is 0 Å². The summed E-state index contributed by atoms with van der Waals surface area (Å²) in [6.45, 7) is 16.7. The second-order valence-corrected chi connectivity index (χ2v) is 16.7. The molecule has 1 unspecified atom stereocenters. The van der Waals surface area contributed by atoms with Crippen molar-refractivity contribution < 1.29 is 38.4 Å². The molecule has 2 fully saturated rings. The number of aliphatic imine (C=N–C) groups is 1. The summed E-state index contributed by atoms with van der Waals surface area (Å²) in [6, 6.07) is 7.53. The fourth-order valence-electron chi connectivity index (χ4n) is 9.47. The van der Waals surface area contributed by atoms with E-state index in [0.717, 1.165) is 22.0 Å². The maximum Gasteiger partial charge on any atom is 0.410 e. The smallest absolute Gasteiger partial charge is 0.410 e. The van der Waals surface area contributed by atoms with Gasteiger partial charge in [0.1, 0.15) is 12.2 Å². The summed E-state index contributed by atoms with van der Waals surface area (Å²) < 4.78 is 32.5. The van der Waals surface area contributed by atoms with Crippen LogP contribution in [0.3, 0.4) is 0 Å². The van der Waals surface area contributed by atoms with Crippen molar-refractivity contribution in [2.75, 3.05) is 33.8 Å². The Morgan fingerprint density at radius 3 is 2.62 bits per heavy atom. The molecule has 0 saturated carbocycles. The molecule has 4 aliphatic rings. The predicted octanol–water partition coefficient (Wildman–Crippen LogP) is 6.06. The lowest BCUT2D eigenvalue weighted by Gasteiger charge is -2.47. The first-order valence-corrected chi connectivity index (χ1v) is 19.8. The number of aliphatic hydroxyl groups is 1. The first-order chi connectivity index (χ1) is 26.0. The number of fused-ring (bicyclic) bond motifs is 2. The SMILES string of the molecule is C/C1=C\[C@H](C)[C@@H](O[C@H]2O[C@@H](C)C[C@@H](N(C)C)C2O)[C@@](C)(OC/C=C/c2cccc3cnccc23)C[C@@H](C)C2=NCCN3C(=O)O[C@](C)([C@@H](C)OC1=O)[C@H]3[C@H]2C. The van der Waals surface area contributed by atoms with E-state index in [1.165, 1.54) is 0 Å². The number of rotatable bonds is 7. The lowest BCUT2D eigenvalue weighted by molar-refractivity contribution is -0.295. The Balaban J connectivity index is 1.42. The number of pyridine rings is 1. The zero-order valence-corrected chi connectivity index (χ0v) is 34.1. The number of nitrogens with zero attached hydrogens (tertiary/aromatic N) is 4. The monoisotopic (exact) mass is 760 g/mol. The molecule has 1 N–H and O–H groups in total. The minimum Gasteiger partial charge on any atom is -0.455 e. The summed E-state index contributed by atoms with van der Waals surface area (Å²) in [5.74, 6) is -1.26. The predicted molar refractivity (Wildman–Crippen MR) is 212 cm³/mol. The molecule has 2 saturated heterocycles. The van der Waals surface area contributed by atoms with E-state index in [1.807, 2.05) is 83.2 Å². The number of hydrogen-bond acceptors (Lipinski definition) is 11. The van der Waals surface area contributed by atoms with Crippen LogP contribution in [-0.4, -0.2) is 125 Å². The molecule has 12 atom stereocenters. The van der Waals surface area contributed by atoms with E-state index in [2.05, 4.69) is 31.0 Å². The van der Waals surface area contributed by atoms with Crippen molar-refractivity contribution in [1.82, 2.24) is 14.8 Å². The average Bonchev–Trinajstić information content (AvgIpc) is 3.26. The molecule has 2 aromatic rings. The number of amides is 1. The summed E-state index contributed by atoms with van der Waals surface area (Å²) in [4.78, 5) is 40.3. The highest BCUT2D eigenvalue weighted by molar-refractivity contribution is 5.91. The highest BCUT2D eigenvalue weighted by atomic mass is 16.7. The van der Waals surface area contributed by atoms with Crippen molar-refractivity contribution in [3.8, 4) is 0 Å². The number of ether oxygens (including phenoxy) is 5. The van der Waals surface area contributed by atoms with Crippen LogP contribution in [0.1, 0.15) is 73.8 Å². The number of esters is 1. The van der Waals surface area contributed by atoms with Gasteiger partial charge >= 0.3 is 12.1 Å². The third kappa shape index (κ3) is 8.25. The first kappa shape index (κ1) is 41.0. The van der Waals surface area contributed by atoms with Crippen LogP contribution in [0.15, 0.2) is 59.4 Å². The van der Waals surface area contributed by atoms with Gasteiger partial charge in [-0.3, -0.25) is 14.9 Å². The molecule has 12 nitrogen and oxygen atoms in total. The molecule has 1 aromatic carbocycles. The fraction of sp³-hybridized carbons (Fsp3) is 0.628. The van der Waals surface area contributed by atoms with Crippen LogP contribution in [0.4, 0.5) is 4.79 Å². The molecule has 0 aliphatic carbocycles. The molecule has 5 heterocycles. The largest absolute Gasteiger partial charge is 0.455 e. The Hall–Kier alpha value is -3.68. The van der Waals surface area contributed by atoms with Crippen molar-refractivity contribution >= 4 is 34.6 Å². The zero-order valence-electron chi connectivity index (χ0n) is 34.1. The summed E-state index contributed by atoms with van der Waals surface area (Å²) in [7, 11) is 3.90. The Labute approximate surface area is 325 Å². The summed E-state index contributed by atoms with van der Waals surface area (Å²) in [5, 5.41) is 13.8. The fourth-order valence-corrected chi connectivity index (χ4v) is 9.47. The van der Waals surface area contributed by atoms with E-state index in [0.29, 0.717) is 31.5 Å². The summed E-state index contributed by atoms with van der Waals surface area (Å²) in [5.41, 5.74) is 0.271. The number of aromatic nitrogens is 1. The molecule has 300 valence electrons. The first-order valence-electron chi connectivity index (χ1n) is 19.8. The van der Waals surface area contributed by atoms with Gasteiger partial charge in [-0.1, -0.05) is 57.2 Å². The third-order valence-electron chi connectivity index (χ3n) is 12.3. The number of hydrogen-bond donors (Lipinski definition) is 1. The number of likely N-dealkylation sites (N-methyl/N-ethyl adjacent to an activating group) is 1. The Morgan fingerprint density at radius 1 is 1.11 bits per heavy atom. The molecule has 1 amide bonds.